The Labute approximate surface area is 115 Å². The first-order chi connectivity index (χ1) is 9.24. The van der Waals surface area contributed by atoms with Crippen molar-refractivity contribution in [3.05, 3.63) is 0 Å². The minimum absolute atomic E-state index is 0.00251. The van der Waals surface area contributed by atoms with E-state index >= 15 is 0 Å². The van der Waals surface area contributed by atoms with Gasteiger partial charge in [0.05, 0.1) is 19.8 Å². The van der Waals surface area contributed by atoms with E-state index in [1.54, 1.807) is 14.2 Å². The molecule has 0 aliphatic carbocycles. The summed E-state index contributed by atoms with van der Waals surface area (Å²) in [6.45, 7) is 5.54. The number of carbonyl (C=O) groups is 1. The first-order valence-electron chi connectivity index (χ1n) is 6.51. The summed E-state index contributed by atoms with van der Waals surface area (Å²) in [6.07, 6.45) is 0.401. The zero-order valence-corrected chi connectivity index (χ0v) is 12.1. The molecular weight excluding hydrogens is 248 g/mol. The van der Waals surface area contributed by atoms with Gasteiger partial charge in [-0.15, -0.1) is 0 Å². The van der Waals surface area contributed by atoms with E-state index in [0.717, 1.165) is 6.54 Å². The lowest BCUT2D eigenvalue weighted by molar-refractivity contribution is -0.121. The number of hydrogen-bond donors (Lipinski definition) is 3. The number of amides is 1. The van der Waals surface area contributed by atoms with Gasteiger partial charge in [-0.25, -0.2) is 0 Å². The van der Waals surface area contributed by atoms with Gasteiger partial charge in [-0.1, -0.05) is 0 Å². The molecule has 0 aliphatic heterocycles. The Bertz CT molecular complexity index is 259. The SMILES string of the molecule is CCNC(=NCCOC)NCCC(=O)NCCOC. The van der Waals surface area contributed by atoms with Crippen molar-refractivity contribution in [2.24, 2.45) is 4.99 Å². The second-order valence-electron chi connectivity index (χ2n) is 3.77. The third-order valence-corrected chi connectivity index (χ3v) is 2.18. The summed E-state index contributed by atoms with van der Waals surface area (Å²) in [4.78, 5) is 15.7. The monoisotopic (exact) mass is 274 g/mol. The van der Waals surface area contributed by atoms with Crippen molar-refractivity contribution in [3.8, 4) is 0 Å². The molecule has 0 bridgehead atoms. The first kappa shape index (κ1) is 17.7. The van der Waals surface area contributed by atoms with Crippen molar-refractivity contribution in [2.75, 3.05) is 53.6 Å². The number of carbonyl (C=O) groups excluding carboxylic acids is 1. The molecule has 7 nitrogen and oxygen atoms in total. The second kappa shape index (κ2) is 13.1. The lowest BCUT2D eigenvalue weighted by Crippen LogP contribution is -2.39. The molecule has 3 N–H and O–H groups in total. The Morgan fingerprint density at radius 2 is 1.79 bits per heavy atom. The quantitative estimate of drug-likeness (QED) is 0.280. The summed E-state index contributed by atoms with van der Waals surface area (Å²) in [6, 6.07) is 0. The smallest absolute Gasteiger partial charge is 0.221 e. The van der Waals surface area contributed by atoms with Crippen LogP contribution in [0.2, 0.25) is 0 Å². The highest BCUT2D eigenvalue weighted by Gasteiger charge is 2.01. The maximum absolute atomic E-state index is 11.4. The van der Waals surface area contributed by atoms with Crippen molar-refractivity contribution < 1.29 is 14.3 Å². The topological polar surface area (TPSA) is 84.0 Å². The van der Waals surface area contributed by atoms with Gasteiger partial charge in [-0.2, -0.15) is 0 Å². The first-order valence-corrected chi connectivity index (χ1v) is 6.51. The van der Waals surface area contributed by atoms with Gasteiger partial charge in [-0.05, 0) is 6.92 Å². The van der Waals surface area contributed by atoms with Crippen molar-refractivity contribution >= 4 is 11.9 Å². The number of ether oxygens (including phenoxy) is 2. The Balaban J connectivity index is 3.78. The van der Waals surface area contributed by atoms with Crippen LogP contribution < -0.4 is 16.0 Å². The number of methoxy groups -OCH3 is 2. The molecule has 7 heteroatoms. The molecule has 0 radical (unpaired) electrons. The number of hydrogen-bond acceptors (Lipinski definition) is 4. The highest BCUT2D eigenvalue weighted by molar-refractivity contribution is 5.81. The van der Waals surface area contributed by atoms with Gasteiger partial charge in [0.2, 0.25) is 5.91 Å². The van der Waals surface area contributed by atoms with Gasteiger partial charge < -0.3 is 25.4 Å². The standard InChI is InChI=1S/C12H26N4O3/c1-4-13-12(16-8-10-19-3)15-6-5-11(17)14-7-9-18-2/h4-10H2,1-3H3,(H,14,17)(H2,13,15,16). The molecule has 19 heavy (non-hydrogen) atoms. The fourth-order valence-electron chi connectivity index (χ4n) is 1.27. The minimum atomic E-state index is -0.00251. The molecule has 0 aromatic rings. The highest BCUT2D eigenvalue weighted by Crippen LogP contribution is 1.80. The van der Waals surface area contributed by atoms with Crippen LogP contribution in [0.4, 0.5) is 0 Å². The highest BCUT2D eigenvalue weighted by atomic mass is 16.5. The Kier molecular flexibility index (Phi) is 12.2. The minimum Gasteiger partial charge on any atom is -0.383 e. The van der Waals surface area contributed by atoms with E-state index < -0.39 is 0 Å². The molecule has 0 rings (SSSR count). The predicted molar refractivity (Wildman–Crippen MR) is 75.4 cm³/mol. The van der Waals surface area contributed by atoms with Crippen LogP contribution in [0.25, 0.3) is 0 Å². The van der Waals surface area contributed by atoms with Crippen LogP contribution in [-0.2, 0) is 14.3 Å². The van der Waals surface area contributed by atoms with Crippen molar-refractivity contribution in [3.63, 3.8) is 0 Å². The number of aliphatic imine (C=N–C) groups is 1. The van der Waals surface area contributed by atoms with Crippen LogP contribution in [0.5, 0.6) is 0 Å². The number of guanidine groups is 1. The largest absolute Gasteiger partial charge is 0.383 e. The maximum Gasteiger partial charge on any atom is 0.221 e. The second-order valence-corrected chi connectivity index (χ2v) is 3.77. The van der Waals surface area contributed by atoms with Crippen LogP contribution in [0.15, 0.2) is 4.99 Å². The summed E-state index contributed by atoms with van der Waals surface area (Å²) in [7, 11) is 3.24. The number of nitrogens with one attached hydrogen (secondary N) is 3. The van der Waals surface area contributed by atoms with E-state index in [9.17, 15) is 4.79 Å². The molecular formula is C12H26N4O3. The van der Waals surface area contributed by atoms with E-state index in [1.807, 2.05) is 6.92 Å². The van der Waals surface area contributed by atoms with Crippen molar-refractivity contribution in [1.82, 2.24) is 16.0 Å². The van der Waals surface area contributed by atoms with E-state index in [2.05, 4.69) is 20.9 Å². The zero-order valence-electron chi connectivity index (χ0n) is 12.1. The summed E-state index contributed by atoms with van der Waals surface area (Å²) >= 11 is 0. The Morgan fingerprint density at radius 3 is 2.42 bits per heavy atom. The van der Waals surface area contributed by atoms with Crippen LogP contribution in [0.1, 0.15) is 13.3 Å². The lowest BCUT2D eigenvalue weighted by atomic mass is 10.4. The fourth-order valence-corrected chi connectivity index (χ4v) is 1.27. The average Bonchev–Trinajstić information content (AvgIpc) is 2.39. The fraction of sp³-hybridized carbons (Fsp3) is 0.833. The van der Waals surface area contributed by atoms with Gasteiger partial charge in [0.1, 0.15) is 0 Å². The summed E-state index contributed by atoms with van der Waals surface area (Å²) < 4.78 is 9.78. The average molecular weight is 274 g/mol. The lowest BCUT2D eigenvalue weighted by Gasteiger charge is -2.11. The van der Waals surface area contributed by atoms with Crippen LogP contribution in [0.3, 0.4) is 0 Å². The van der Waals surface area contributed by atoms with E-state index in [4.69, 9.17) is 9.47 Å². The molecule has 112 valence electrons. The normalized spacial score (nSPS) is 11.2. The molecule has 1 amide bonds. The maximum atomic E-state index is 11.4. The predicted octanol–water partition coefficient (Wildman–Crippen LogP) is -0.659. The van der Waals surface area contributed by atoms with Crippen molar-refractivity contribution in [2.45, 2.75) is 13.3 Å². The molecule has 0 atom stereocenters. The molecule has 0 spiro atoms. The van der Waals surface area contributed by atoms with Crippen LogP contribution in [0, 0.1) is 0 Å². The van der Waals surface area contributed by atoms with Gasteiger partial charge in [0.25, 0.3) is 0 Å². The van der Waals surface area contributed by atoms with Crippen LogP contribution in [-0.4, -0.2) is 65.5 Å². The summed E-state index contributed by atoms with van der Waals surface area (Å²) in [5.41, 5.74) is 0. The molecule has 0 aliphatic rings. The van der Waals surface area contributed by atoms with Gasteiger partial charge in [0.15, 0.2) is 5.96 Å². The Morgan fingerprint density at radius 1 is 1.05 bits per heavy atom. The molecule has 0 fully saturated rings. The molecule has 0 unspecified atom stereocenters. The number of rotatable bonds is 10. The Hall–Kier alpha value is -1.34. The third kappa shape index (κ3) is 11.5. The van der Waals surface area contributed by atoms with Crippen LogP contribution >= 0.6 is 0 Å². The van der Waals surface area contributed by atoms with E-state index in [1.165, 1.54) is 0 Å². The number of nitrogens with zero attached hydrogens (tertiary/aromatic N) is 1. The summed E-state index contributed by atoms with van der Waals surface area (Å²) in [5, 5.41) is 8.95. The van der Waals surface area contributed by atoms with Crippen molar-refractivity contribution in [1.29, 1.82) is 0 Å². The molecule has 0 aromatic carbocycles. The van der Waals surface area contributed by atoms with E-state index in [0.29, 0.717) is 45.2 Å². The molecule has 0 saturated heterocycles. The van der Waals surface area contributed by atoms with Gasteiger partial charge in [-0.3, -0.25) is 9.79 Å². The van der Waals surface area contributed by atoms with E-state index in [-0.39, 0.29) is 5.91 Å². The third-order valence-electron chi connectivity index (χ3n) is 2.18. The molecule has 0 saturated carbocycles. The van der Waals surface area contributed by atoms with Gasteiger partial charge >= 0.3 is 0 Å². The molecule has 0 heterocycles. The summed E-state index contributed by atoms with van der Waals surface area (Å²) in [5.74, 6) is 0.696. The zero-order chi connectivity index (χ0) is 14.3. The molecule has 0 aromatic heterocycles. The van der Waals surface area contributed by atoms with Gasteiger partial charge in [0, 0.05) is 40.3 Å².